The molecular weight excluding hydrogens is 257 g/mol. The lowest BCUT2D eigenvalue weighted by molar-refractivity contribution is -0.158. The van der Waals surface area contributed by atoms with Crippen molar-refractivity contribution in [3.05, 3.63) is 0 Å². The summed E-state index contributed by atoms with van der Waals surface area (Å²) in [6.07, 6.45) is -1.06. The molecule has 58 valence electrons. The molecule has 0 aliphatic carbocycles. The van der Waals surface area contributed by atoms with Gasteiger partial charge in [0.1, 0.15) is 6.10 Å². The van der Waals surface area contributed by atoms with Gasteiger partial charge in [0, 0.05) is 4.43 Å². The molecule has 0 saturated carbocycles. The zero-order valence-corrected chi connectivity index (χ0v) is 7.10. The molecule has 2 nitrogen and oxygen atoms in total. The first-order chi connectivity index (χ1) is 4.56. The zero-order valence-electron chi connectivity index (χ0n) is 4.94. The highest BCUT2D eigenvalue weighted by Crippen LogP contribution is 2.31. The van der Waals surface area contributed by atoms with Gasteiger partial charge in [-0.1, -0.05) is 22.6 Å². The van der Waals surface area contributed by atoms with Gasteiger partial charge in [0.05, 0.1) is 6.42 Å². The minimum Gasteiger partial charge on any atom is -0.457 e. The van der Waals surface area contributed by atoms with Crippen molar-refractivity contribution in [1.29, 1.82) is 0 Å². The molecule has 1 saturated heterocycles. The van der Waals surface area contributed by atoms with Gasteiger partial charge in [-0.05, 0) is 0 Å². The molecule has 10 heavy (non-hydrogen) atoms. The fourth-order valence-corrected chi connectivity index (χ4v) is 1.23. The summed E-state index contributed by atoms with van der Waals surface area (Å²) in [4.78, 5) is 10.3. The first kappa shape index (κ1) is 8.16. The predicted molar refractivity (Wildman–Crippen MR) is 38.3 cm³/mol. The topological polar surface area (TPSA) is 26.3 Å². The lowest BCUT2D eigenvalue weighted by Crippen LogP contribution is -2.21. The van der Waals surface area contributed by atoms with E-state index in [1.807, 2.05) is 22.6 Å². The summed E-state index contributed by atoms with van der Waals surface area (Å²) >= 11 is 1.91. The van der Waals surface area contributed by atoms with Crippen LogP contribution in [-0.2, 0) is 9.53 Å². The van der Waals surface area contributed by atoms with Crippen LogP contribution < -0.4 is 0 Å². The number of rotatable bonds is 1. The Morgan fingerprint density at radius 2 is 2.40 bits per heavy atom. The Kier molecular flexibility index (Phi) is 2.12. The van der Waals surface area contributed by atoms with Crippen molar-refractivity contribution in [1.82, 2.24) is 0 Å². The van der Waals surface area contributed by atoms with Crippen LogP contribution in [-0.4, -0.2) is 22.4 Å². The van der Waals surface area contributed by atoms with E-state index in [0.29, 0.717) is 4.43 Å². The molecule has 1 fully saturated rings. The number of carbonyl (C=O) groups is 1. The van der Waals surface area contributed by atoms with Crippen LogP contribution in [0.1, 0.15) is 6.42 Å². The van der Waals surface area contributed by atoms with Gasteiger partial charge in [0.15, 0.2) is 0 Å². The summed E-state index contributed by atoms with van der Waals surface area (Å²) in [5.41, 5.74) is 0. The molecule has 1 aliphatic heterocycles. The molecule has 0 bridgehead atoms. The largest absolute Gasteiger partial charge is 0.457 e. The zero-order chi connectivity index (χ0) is 7.78. The molecule has 0 aromatic heterocycles. The number of hydrogen-bond donors (Lipinski definition) is 0. The molecule has 1 rings (SSSR count). The molecule has 0 aromatic rings. The SMILES string of the molecule is O=C1OC(CI)CC1(F)F. The van der Waals surface area contributed by atoms with E-state index in [0.717, 1.165) is 0 Å². The van der Waals surface area contributed by atoms with E-state index in [2.05, 4.69) is 4.74 Å². The molecule has 0 spiro atoms. The monoisotopic (exact) mass is 262 g/mol. The lowest BCUT2D eigenvalue weighted by atomic mass is 10.2. The highest BCUT2D eigenvalue weighted by Gasteiger charge is 2.50. The van der Waals surface area contributed by atoms with Crippen LogP contribution >= 0.6 is 22.6 Å². The molecule has 0 N–H and O–H groups in total. The minimum atomic E-state index is -3.24. The molecule has 1 unspecified atom stereocenters. The number of hydrogen-bond acceptors (Lipinski definition) is 2. The quantitative estimate of drug-likeness (QED) is 0.405. The second kappa shape index (κ2) is 2.60. The number of cyclic esters (lactones) is 1. The molecule has 1 aliphatic rings. The standard InChI is InChI=1S/C5H5F2IO2/c6-5(7)1-3(2-8)10-4(5)9/h3H,1-2H2. The van der Waals surface area contributed by atoms with Crippen molar-refractivity contribution in [2.24, 2.45) is 0 Å². The maximum absolute atomic E-state index is 12.3. The summed E-state index contributed by atoms with van der Waals surface area (Å²) in [6, 6.07) is 0. The summed E-state index contributed by atoms with van der Waals surface area (Å²) in [6.45, 7) is 0. The highest BCUT2D eigenvalue weighted by molar-refractivity contribution is 14.1. The normalized spacial score (nSPS) is 30.3. The summed E-state index contributed by atoms with van der Waals surface area (Å²) in [5, 5.41) is 0. The third kappa shape index (κ3) is 1.38. The first-order valence-corrected chi connectivity index (χ1v) is 4.23. The number of ether oxygens (including phenoxy) is 1. The van der Waals surface area contributed by atoms with Gasteiger partial charge < -0.3 is 4.74 Å². The fourth-order valence-electron chi connectivity index (χ4n) is 0.735. The van der Waals surface area contributed by atoms with Crippen LogP contribution in [0.25, 0.3) is 0 Å². The second-order valence-corrected chi connectivity index (χ2v) is 2.97. The van der Waals surface area contributed by atoms with Gasteiger partial charge >= 0.3 is 11.9 Å². The molecule has 1 atom stereocenters. The number of esters is 1. The van der Waals surface area contributed by atoms with Gasteiger partial charge in [0.25, 0.3) is 0 Å². The van der Waals surface area contributed by atoms with Crippen LogP contribution in [0.15, 0.2) is 0 Å². The maximum Gasteiger partial charge on any atom is 0.377 e. The van der Waals surface area contributed by atoms with Gasteiger partial charge in [-0.25, -0.2) is 4.79 Å². The molecule has 0 amide bonds. The van der Waals surface area contributed by atoms with Gasteiger partial charge in [-0.3, -0.25) is 0 Å². The second-order valence-electron chi connectivity index (χ2n) is 2.09. The van der Waals surface area contributed by atoms with Crippen molar-refractivity contribution in [3.63, 3.8) is 0 Å². The smallest absolute Gasteiger partial charge is 0.377 e. The molecule has 0 aromatic carbocycles. The van der Waals surface area contributed by atoms with Crippen LogP contribution in [0.4, 0.5) is 8.78 Å². The van der Waals surface area contributed by atoms with E-state index in [1.165, 1.54) is 0 Å². The third-order valence-corrected chi connectivity index (χ3v) is 2.21. The van der Waals surface area contributed by atoms with Crippen molar-refractivity contribution in [2.45, 2.75) is 18.4 Å². The maximum atomic E-state index is 12.3. The van der Waals surface area contributed by atoms with E-state index in [1.54, 1.807) is 0 Å². The van der Waals surface area contributed by atoms with E-state index >= 15 is 0 Å². The van der Waals surface area contributed by atoms with Gasteiger partial charge in [-0.2, -0.15) is 8.78 Å². The van der Waals surface area contributed by atoms with Crippen LogP contribution in [0.2, 0.25) is 0 Å². The Labute approximate surface area is 70.1 Å². The Hall–Kier alpha value is 0.0600. The third-order valence-electron chi connectivity index (χ3n) is 1.23. The van der Waals surface area contributed by atoms with Crippen molar-refractivity contribution in [3.8, 4) is 0 Å². The van der Waals surface area contributed by atoms with Gasteiger partial charge in [-0.15, -0.1) is 0 Å². The average Bonchev–Trinajstić information content (AvgIpc) is 2.08. The number of carbonyl (C=O) groups excluding carboxylic acids is 1. The molecular formula is C5H5F2IO2. The molecule has 1 heterocycles. The minimum absolute atomic E-state index is 0.430. The molecule has 5 heteroatoms. The Balaban J connectivity index is 2.62. The fraction of sp³-hybridized carbons (Fsp3) is 0.800. The van der Waals surface area contributed by atoms with Crippen LogP contribution in [0.3, 0.4) is 0 Å². The summed E-state index contributed by atoms with van der Waals surface area (Å²) < 4.78 is 29.4. The Bertz CT molecular complexity index is 160. The highest BCUT2D eigenvalue weighted by atomic mass is 127. The summed E-state index contributed by atoms with van der Waals surface area (Å²) in [7, 11) is 0. The van der Waals surface area contributed by atoms with Crippen LogP contribution in [0, 0.1) is 0 Å². The van der Waals surface area contributed by atoms with Crippen molar-refractivity contribution < 1.29 is 18.3 Å². The first-order valence-electron chi connectivity index (χ1n) is 2.71. The van der Waals surface area contributed by atoms with E-state index < -0.39 is 24.4 Å². The van der Waals surface area contributed by atoms with Crippen molar-refractivity contribution in [2.75, 3.05) is 4.43 Å². The Morgan fingerprint density at radius 1 is 1.80 bits per heavy atom. The predicted octanol–water partition coefficient (Wildman–Crippen LogP) is 1.37. The Morgan fingerprint density at radius 3 is 2.60 bits per heavy atom. The average molecular weight is 262 g/mol. The number of alkyl halides is 3. The lowest BCUT2D eigenvalue weighted by Gasteiger charge is -2.00. The van der Waals surface area contributed by atoms with E-state index in [-0.39, 0.29) is 0 Å². The number of halogens is 3. The van der Waals surface area contributed by atoms with Crippen LogP contribution in [0.5, 0.6) is 0 Å². The molecule has 0 radical (unpaired) electrons. The van der Waals surface area contributed by atoms with E-state index in [9.17, 15) is 13.6 Å². The van der Waals surface area contributed by atoms with Crippen molar-refractivity contribution >= 4 is 28.6 Å². The van der Waals surface area contributed by atoms with E-state index in [4.69, 9.17) is 0 Å². The van der Waals surface area contributed by atoms with Gasteiger partial charge in [0.2, 0.25) is 0 Å². The summed E-state index contributed by atoms with van der Waals surface area (Å²) in [5.74, 6) is -4.62.